The summed E-state index contributed by atoms with van der Waals surface area (Å²) in [6.45, 7) is 0. The van der Waals surface area contributed by atoms with Crippen molar-refractivity contribution in [3.05, 3.63) is 84.2 Å². The lowest BCUT2D eigenvalue weighted by Gasteiger charge is -2.16. The molecule has 0 saturated carbocycles. The topological polar surface area (TPSA) is 85.4 Å². The van der Waals surface area contributed by atoms with E-state index in [2.05, 4.69) is 26.2 Å². The molecule has 1 N–H and O–H groups in total. The molecule has 4 aromatic rings. The quantitative estimate of drug-likeness (QED) is 0.335. The van der Waals surface area contributed by atoms with Crippen LogP contribution < -0.4 is 0 Å². The Bertz CT molecular complexity index is 1090. The Kier molecular flexibility index (Phi) is 4.59. The lowest BCUT2D eigenvalue weighted by molar-refractivity contribution is 0.133. The van der Waals surface area contributed by atoms with Crippen LogP contribution in [-0.2, 0) is 4.74 Å². The molecule has 134 valence electrons. The van der Waals surface area contributed by atoms with Gasteiger partial charge in [-0.15, -0.1) is 0 Å². The summed E-state index contributed by atoms with van der Waals surface area (Å²) < 4.78 is 7.68. The van der Waals surface area contributed by atoms with Crippen LogP contribution in [0.3, 0.4) is 0 Å². The molecule has 4 rings (SSSR count). The van der Waals surface area contributed by atoms with Crippen molar-refractivity contribution in [3.8, 4) is 5.69 Å². The molecule has 1 unspecified atom stereocenters. The van der Waals surface area contributed by atoms with Crippen LogP contribution in [0.15, 0.2) is 72.5 Å². The zero-order valence-corrected chi connectivity index (χ0v) is 14.6. The molecule has 0 spiro atoms. The van der Waals surface area contributed by atoms with Gasteiger partial charge in [0, 0.05) is 19.0 Å². The zero-order chi connectivity index (χ0) is 18.6. The van der Waals surface area contributed by atoms with Crippen LogP contribution in [0.1, 0.15) is 22.9 Å². The fourth-order valence-corrected chi connectivity index (χ4v) is 3.10. The molecule has 0 saturated heterocycles. The number of rotatable bonds is 5. The second-order valence-electron chi connectivity index (χ2n) is 5.95. The van der Waals surface area contributed by atoms with E-state index in [4.69, 9.17) is 9.94 Å². The summed E-state index contributed by atoms with van der Waals surface area (Å²) in [6.07, 6.45) is 6.09. The molecule has 2 aromatic carbocycles. The van der Waals surface area contributed by atoms with Gasteiger partial charge in [-0.05, 0) is 41.5 Å². The Morgan fingerprint density at radius 3 is 2.85 bits per heavy atom. The minimum Gasteiger partial charge on any atom is -0.411 e. The van der Waals surface area contributed by atoms with Gasteiger partial charge >= 0.3 is 0 Å². The monoisotopic (exact) mass is 359 g/mol. The van der Waals surface area contributed by atoms with Crippen molar-refractivity contribution in [1.82, 2.24) is 19.5 Å². The smallest absolute Gasteiger partial charge is 0.124 e. The highest BCUT2D eigenvalue weighted by atomic mass is 16.5. The van der Waals surface area contributed by atoms with E-state index in [0.29, 0.717) is 0 Å². The number of nitrogens with zero attached hydrogens (tertiary/aromatic N) is 5. The minimum atomic E-state index is -0.282. The minimum absolute atomic E-state index is 0.282. The second kappa shape index (κ2) is 7.35. The normalized spacial score (nSPS) is 12.6. The van der Waals surface area contributed by atoms with Crippen LogP contribution in [0.5, 0.6) is 0 Å². The molecule has 0 aliphatic heterocycles. The van der Waals surface area contributed by atoms with Crippen molar-refractivity contribution in [2.75, 3.05) is 7.11 Å². The Labute approximate surface area is 155 Å². The fraction of sp³-hybridized carbons (Fsp3) is 0.100. The van der Waals surface area contributed by atoms with Crippen LogP contribution in [0.2, 0.25) is 0 Å². The second-order valence-corrected chi connectivity index (χ2v) is 5.95. The predicted molar refractivity (Wildman–Crippen MR) is 101 cm³/mol. The van der Waals surface area contributed by atoms with Crippen LogP contribution >= 0.6 is 0 Å². The standard InChI is InChI=1S/C20H17N5O2/c1-27-20(17-7-8-21-12-22-17)15-3-2-4-16(10-15)25-13-23-18-9-14(11-24-26)5-6-19(18)25/h2-13,20,26H,1H3/b24-11+. The van der Waals surface area contributed by atoms with Gasteiger partial charge in [-0.1, -0.05) is 23.4 Å². The van der Waals surface area contributed by atoms with Crippen LogP contribution in [-0.4, -0.2) is 38.1 Å². The molecular weight excluding hydrogens is 342 g/mol. The number of benzene rings is 2. The molecule has 0 radical (unpaired) electrons. The van der Waals surface area contributed by atoms with E-state index in [-0.39, 0.29) is 6.10 Å². The van der Waals surface area contributed by atoms with E-state index >= 15 is 0 Å². The van der Waals surface area contributed by atoms with Crippen LogP contribution in [0.25, 0.3) is 16.7 Å². The Hall–Kier alpha value is -3.58. The van der Waals surface area contributed by atoms with Crippen molar-refractivity contribution in [3.63, 3.8) is 0 Å². The summed E-state index contributed by atoms with van der Waals surface area (Å²) >= 11 is 0. The number of hydrogen-bond donors (Lipinski definition) is 1. The van der Waals surface area contributed by atoms with E-state index in [1.165, 1.54) is 12.5 Å². The predicted octanol–water partition coefficient (Wildman–Crippen LogP) is 3.36. The number of imidazole rings is 1. The average Bonchev–Trinajstić information content (AvgIpc) is 3.13. The highest BCUT2D eigenvalue weighted by molar-refractivity contribution is 5.87. The van der Waals surface area contributed by atoms with E-state index in [0.717, 1.165) is 33.5 Å². The first-order chi connectivity index (χ1) is 13.3. The van der Waals surface area contributed by atoms with Gasteiger partial charge in [-0.25, -0.2) is 15.0 Å². The van der Waals surface area contributed by atoms with Gasteiger partial charge in [-0.3, -0.25) is 4.57 Å². The molecule has 27 heavy (non-hydrogen) atoms. The van der Waals surface area contributed by atoms with Gasteiger partial charge in [0.05, 0.1) is 22.9 Å². The van der Waals surface area contributed by atoms with Gasteiger partial charge in [0.25, 0.3) is 0 Å². The maximum absolute atomic E-state index is 8.70. The molecule has 0 amide bonds. The van der Waals surface area contributed by atoms with E-state index < -0.39 is 0 Å². The first-order valence-electron chi connectivity index (χ1n) is 8.34. The molecule has 7 heteroatoms. The number of fused-ring (bicyclic) bond motifs is 1. The number of ether oxygens (including phenoxy) is 1. The third-order valence-corrected chi connectivity index (χ3v) is 4.34. The Balaban J connectivity index is 1.75. The largest absolute Gasteiger partial charge is 0.411 e. The molecule has 0 fully saturated rings. The van der Waals surface area contributed by atoms with E-state index in [9.17, 15) is 0 Å². The third-order valence-electron chi connectivity index (χ3n) is 4.34. The first kappa shape index (κ1) is 16.9. The molecular formula is C20H17N5O2. The van der Waals surface area contributed by atoms with Crippen molar-refractivity contribution in [2.24, 2.45) is 5.16 Å². The molecule has 7 nitrogen and oxygen atoms in total. The number of hydrogen-bond acceptors (Lipinski definition) is 6. The molecule has 2 aromatic heterocycles. The molecule has 0 aliphatic carbocycles. The maximum atomic E-state index is 8.70. The highest BCUT2D eigenvalue weighted by Crippen LogP contribution is 2.26. The van der Waals surface area contributed by atoms with Crippen molar-refractivity contribution in [1.29, 1.82) is 0 Å². The zero-order valence-electron chi connectivity index (χ0n) is 14.6. The molecule has 0 aliphatic rings. The summed E-state index contributed by atoms with van der Waals surface area (Å²) in [5.41, 5.74) is 5.31. The third kappa shape index (κ3) is 3.28. The number of methoxy groups -OCH3 is 1. The summed E-state index contributed by atoms with van der Waals surface area (Å²) in [6, 6.07) is 15.6. The number of oxime groups is 1. The lowest BCUT2D eigenvalue weighted by Crippen LogP contribution is -2.06. The number of aromatic nitrogens is 4. The van der Waals surface area contributed by atoms with Crippen LogP contribution in [0, 0.1) is 0 Å². The lowest BCUT2D eigenvalue weighted by atomic mass is 10.1. The Morgan fingerprint density at radius 2 is 2.07 bits per heavy atom. The van der Waals surface area contributed by atoms with Gasteiger partial charge < -0.3 is 9.94 Å². The molecule has 0 bridgehead atoms. The molecule has 2 heterocycles. The maximum Gasteiger partial charge on any atom is 0.124 e. The average molecular weight is 359 g/mol. The van der Waals surface area contributed by atoms with Crippen molar-refractivity contribution < 1.29 is 9.94 Å². The van der Waals surface area contributed by atoms with Crippen molar-refractivity contribution in [2.45, 2.75) is 6.10 Å². The van der Waals surface area contributed by atoms with Gasteiger partial charge in [0.2, 0.25) is 0 Å². The summed E-state index contributed by atoms with van der Waals surface area (Å²) in [4.78, 5) is 12.7. The first-order valence-corrected chi connectivity index (χ1v) is 8.34. The fourth-order valence-electron chi connectivity index (χ4n) is 3.10. The summed E-state index contributed by atoms with van der Waals surface area (Å²) in [5, 5.41) is 11.8. The van der Waals surface area contributed by atoms with Gasteiger partial charge in [0.15, 0.2) is 0 Å². The van der Waals surface area contributed by atoms with Crippen molar-refractivity contribution >= 4 is 17.2 Å². The van der Waals surface area contributed by atoms with E-state index in [1.54, 1.807) is 19.6 Å². The Morgan fingerprint density at radius 1 is 1.15 bits per heavy atom. The SMILES string of the molecule is COC(c1cccc(-n2cnc3cc(/C=N/O)ccc32)c1)c1ccncn1. The van der Waals surface area contributed by atoms with E-state index in [1.807, 2.05) is 47.0 Å². The highest BCUT2D eigenvalue weighted by Gasteiger charge is 2.16. The summed E-state index contributed by atoms with van der Waals surface area (Å²) in [7, 11) is 1.66. The van der Waals surface area contributed by atoms with Gasteiger partial charge in [-0.2, -0.15) is 0 Å². The van der Waals surface area contributed by atoms with Crippen LogP contribution in [0.4, 0.5) is 0 Å². The summed E-state index contributed by atoms with van der Waals surface area (Å²) in [5.74, 6) is 0. The molecule has 1 atom stereocenters. The van der Waals surface area contributed by atoms with Gasteiger partial charge in [0.1, 0.15) is 18.8 Å².